The number of benzene rings is 1. The SMILES string of the molecule is CC(C)c1cc(F)c(COC(=O)/C=C/C(=O)OC(C)(C)C)c(S(C)(=O)=O)c1. The van der Waals surface area contributed by atoms with Gasteiger partial charge in [-0.1, -0.05) is 13.8 Å². The second-order valence-electron chi connectivity index (χ2n) is 7.38. The quantitative estimate of drug-likeness (QED) is 0.538. The Morgan fingerprint density at radius 1 is 1.15 bits per heavy atom. The van der Waals surface area contributed by atoms with E-state index in [4.69, 9.17) is 9.47 Å². The van der Waals surface area contributed by atoms with E-state index in [0.717, 1.165) is 18.4 Å². The number of carbonyl (C=O) groups excluding carboxylic acids is 2. The fourth-order valence-electron chi connectivity index (χ4n) is 2.10. The number of esters is 2. The highest BCUT2D eigenvalue weighted by molar-refractivity contribution is 7.90. The summed E-state index contributed by atoms with van der Waals surface area (Å²) in [7, 11) is -3.73. The molecule has 0 saturated carbocycles. The first-order valence-corrected chi connectivity index (χ1v) is 10.2. The van der Waals surface area contributed by atoms with E-state index in [2.05, 4.69) is 0 Å². The molecule has 0 aromatic heterocycles. The van der Waals surface area contributed by atoms with Gasteiger partial charge < -0.3 is 9.47 Å². The van der Waals surface area contributed by atoms with Crippen molar-refractivity contribution in [1.29, 1.82) is 0 Å². The first-order valence-electron chi connectivity index (χ1n) is 8.31. The van der Waals surface area contributed by atoms with E-state index < -0.39 is 39.8 Å². The molecule has 8 heteroatoms. The van der Waals surface area contributed by atoms with Crippen molar-refractivity contribution in [1.82, 2.24) is 0 Å². The van der Waals surface area contributed by atoms with Gasteiger partial charge in [-0.25, -0.2) is 22.4 Å². The summed E-state index contributed by atoms with van der Waals surface area (Å²) in [4.78, 5) is 23.0. The third-order valence-corrected chi connectivity index (χ3v) is 4.53. The largest absolute Gasteiger partial charge is 0.457 e. The number of rotatable bonds is 6. The van der Waals surface area contributed by atoms with Crippen molar-refractivity contribution in [3.05, 3.63) is 41.2 Å². The Kier molecular flexibility index (Phi) is 7.31. The minimum Gasteiger partial charge on any atom is -0.457 e. The average Bonchev–Trinajstić information content (AvgIpc) is 2.48. The molecule has 0 radical (unpaired) electrons. The molecule has 0 unspecified atom stereocenters. The number of sulfone groups is 1. The Morgan fingerprint density at radius 3 is 2.19 bits per heavy atom. The Balaban J connectivity index is 2.96. The van der Waals surface area contributed by atoms with Crippen molar-refractivity contribution in [2.24, 2.45) is 0 Å². The van der Waals surface area contributed by atoms with Crippen molar-refractivity contribution in [2.45, 2.75) is 57.6 Å². The molecule has 0 amide bonds. The lowest BCUT2D eigenvalue weighted by atomic mass is 10.0. The van der Waals surface area contributed by atoms with E-state index >= 15 is 0 Å². The molecule has 150 valence electrons. The lowest BCUT2D eigenvalue weighted by molar-refractivity contribution is -0.149. The van der Waals surface area contributed by atoms with Gasteiger partial charge in [0.05, 0.1) is 4.90 Å². The minimum absolute atomic E-state index is 0.0756. The summed E-state index contributed by atoms with van der Waals surface area (Å²) in [5.74, 6) is -2.50. The Bertz CT molecular complexity index is 848. The molecular formula is C19H25FO6S. The summed E-state index contributed by atoms with van der Waals surface area (Å²) in [6.07, 6.45) is 2.69. The van der Waals surface area contributed by atoms with Crippen LogP contribution >= 0.6 is 0 Å². The molecule has 0 bridgehead atoms. The third-order valence-electron chi connectivity index (χ3n) is 3.36. The molecule has 6 nitrogen and oxygen atoms in total. The third kappa shape index (κ3) is 7.50. The van der Waals surface area contributed by atoms with E-state index in [9.17, 15) is 22.4 Å². The summed E-state index contributed by atoms with van der Waals surface area (Å²) < 4.78 is 48.3. The van der Waals surface area contributed by atoms with Crippen LogP contribution < -0.4 is 0 Å². The lowest BCUT2D eigenvalue weighted by Gasteiger charge is -2.17. The van der Waals surface area contributed by atoms with Crippen LogP contribution in [0.4, 0.5) is 4.39 Å². The van der Waals surface area contributed by atoms with Crippen LogP contribution in [0.1, 0.15) is 51.7 Å². The van der Waals surface area contributed by atoms with Gasteiger partial charge in [-0.3, -0.25) is 0 Å². The molecule has 0 aliphatic rings. The van der Waals surface area contributed by atoms with Crippen molar-refractivity contribution in [3.8, 4) is 0 Å². The van der Waals surface area contributed by atoms with Gasteiger partial charge in [-0.15, -0.1) is 0 Å². The smallest absolute Gasteiger partial charge is 0.331 e. The van der Waals surface area contributed by atoms with Crippen molar-refractivity contribution in [2.75, 3.05) is 6.26 Å². The monoisotopic (exact) mass is 400 g/mol. The highest BCUT2D eigenvalue weighted by Gasteiger charge is 2.21. The van der Waals surface area contributed by atoms with Crippen LogP contribution in [-0.2, 0) is 35.5 Å². The highest BCUT2D eigenvalue weighted by atomic mass is 32.2. The first-order chi connectivity index (χ1) is 12.2. The van der Waals surface area contributed by atoms with Crippen LogP contribution in [0.25, 0.3) is 0 Å². The van der Waals surface area contributed by atoms with Crippen molar-refractivity contribution >= 4 is 21.8 Å². The molecule has 1 aromatic rings. The van der Waals surface area contributed by atoms with Gasteiger partial charge >= 0.3 is 11.9 Å². The van der Waals surface area contributed by atoms with Crippen LogP contribution in [0.2, 0.25) is 0 Å². The molecule has 27 heavy (non-hydrogen) atoms. The number of hydrogen-bond acceptors (Lipinski definition) is 6. The molecule has 0 atom stereocenters. The van der Waals surface area contributed by atoms with E-state index in [1.165, 1.54) is 12.1 Å². The normalized spacial score (nSPS) is 12.4. The standard InChI is InChI=1S/C19H25FO6S/c1-12(2)13-9-15(20)14(16(10-13)27(6,23)24)11-25-17(21)7-8-18(22)26-19(3,4)5/h7-10,12H,11H2,1-6H3/b8-7+. The highest BCUT2D eigenvalue weighted by Crippen LogP contribution is 2.26. The zero-order valence-corrected chi connectivity index (χ0v) is 17.1. The molecule has 0 fully saturated rings. The Hall–Kier alpha value is -2.22. The van der Waals surface area contributed by atoms with E-state index in [0.29, 0.717) is 5.56 Å². The van der Waals surface area contributed by atoms with Gasteiger partial charge in [0, 0.05) is 24.0 Å². The molecule has 1 aromatic carbocycles. The molecule has 0 heterocycles. The zero-order valence-electron chi connectivity index (χ0n) is 16.3. The molecule has 0 aliphatic carbocycles. The second-order valence-corrected chi connectivity index (χ2v) is 9.36. The van der Waals surface area contributed by atoms with Gasteiger partial charge in [0.15, 0.2) is 9.84 Å². The van der Waals surface area contributed by atoms with E-state index in [-0.39, 0.29) is 16.4 Å². The van der Waals surface area contributed by atoms with Crippen LogP contribution in [0.15, 0.2) is 29.2 Å². The summed E-state index contributed by atoms with van der Waals surface area (Å²) in [5, 5.41) is 0. The van der Waals surface area contributed by atoms with Crippen LogP contribution in [-0.4, -0.2) is 32.2 Å². The van der Waals surface area contributed by atoms with Gasteiger partial charge in [-0.2, -0.15) is 0 Å². The van der Waals surface area contributed by atoms with Crippen molar-refractivity contribution in [3.63, 3.8) is 0 Å². The maximum Gasteiger partial charge on any atom is 0.331 e. The number of carbonyl (C=O) groups is 2. The summed E-state index contributed by atoms with van der Waals surface area (Å²) in [6.45, 7) is 8.06. The predicted molar refractivity (Wildman–Crippen MR) is 98.4 cm³/mol. The molecule has 0 saturated heterocycles. The second kappa shape index (κ2) is 8.65. The summed E-state index contributed by atoms with van der Waals surface area (Å²) in [5.41, 5.74) is -0.425. The van der Waals surface area contributed by atoms with Gasteiger partial charge in [0.2, 0.25) is 0 Å². The Labute approximate surface area is 159 Å². The number of ether oxygens (including phenoxy) is 2. The van der Waals surface area contributed by atoms with Crippen LogP contribution in [0.3, 0.4) is 0 Å². The Morgan fingerprint density at radius 2 is 1.70 bits per heavy atom. The fourth-order valence-corrected chi connectivity index (χ4v) is 3.05. The maximum absolute atomic E-state index is 14.4. The summed E-state index contributed by atoms with van der Waals surface area (Å²) >= 11 is 0. The molecule has 0 spiro atoms. The average molecular weight is 400 g/mol. The van der Waals surface area contributed by atoms with E-state index in [1.807, 2.05) is 13.8 Å². The number of halogens is 1. The zero-order chi connectivity index (χ0) is 21.0. The maximum atomic E-state index is 14.4. The van der Waals surface area contributed by atoms with E-state index in [1.54, 1.807) is 20.8 Å². The molecule has 0 N–H and O–H groups in total. The molecule has 1 rings (SSSR count). The van der Waals surface area contributed by atoms with Crippen LogP contribution in [0, 0.1) is 5.82 Å². The minimum atomic E-state index is -3.73. The lowest BCUT2D eigenvalue weighted by Crippen LogP contribution is -2.22. The van der Waals surface area contributed by atoms with Gasteiger partial charge in [0.25, 0.3) is 0 Å². The van der Waals surface area contributed by atoms with Crippen molar-refractivity contribution < 1.29 is 31.9 Å². The van der Waals surface area contributed by atoms with Crippen LogP contribution in [0.5, 0.6) is 0 Å². The first kappa shape index (κ1) is 22.8. The van der Waals surface area contributed by atoms with Gasteiger partial charge in [0.1, 0.15) is 18.0 Å². The molecule has 0 aliphatic heterocycles. The predicted octanol–water partition coefficient (Wildman–Crippen LogP) is 3.29. The number of hydrogen-bond donors (Lipinski definition) is 0. The van der Waals surface area contributed by atoms with Gasteiger partial charge in [-0.05, 0) is 44.4 Å². The summed E-state index contributed by atoms with van der Waals surface area (Å²) in [6, 6.07) is 2.60. The topological polar surface area (TPSA) is 86.7 Å². The fraction of sp³-hybridized carbons (Fsp3) is 0.474. The molecular weight excluding hydrogens is 375 g/mol.